The second kappa shape index (κ2) is 9.29. The highest BCUT2D eigenvalue weighted by Gasteiger charge is 2.40. The normalized spacial score (nSPS) is 16.4. The first-order valence-electron chi connectivity index (χ1n) is 11.4. The number of fused-ring (bicyclic) bond motifs is 1. The molecule has 0 saturated carbocycles. The molecule has 4 aromatic rings. The molecule has 35 heavy (non-hydrogen) atoms. The van der Waals surface area contributed by atoms with Crippen LogP contribution in [0.2, 0.25) is 0 Å². The van der Waals surface area contributed by atoms with Crippen LogP contribution in [0.25, 0.3) is 33.6 Å². The molecule has 184 valence electrons. The van der Waals surface area contributed by atoms with Crippen molar-refractivity contribution in [1.82, 2.24) is 20.4 Å². The number of aromatic amines is 1. The number of benzene rings is 2. The molecule has 9 nitrogen and oxygen atoms in total. The molecular formula is C25H27FN4O5. The van der Waals surface area contributed by atoms with Crippen molar-refractivity contribution in [1.29, 1.82) is 0 Å². The molecule has 0 bridgehead atoms. The van der Waals surface area contributed by atoms with Gasteiger partial charge in [-0.25, -0.2) is 4.39 Å². The van der Waals surface area contributed by atoms with Gasteiger partial charge >= 0.3 is 0 Å². The van der Waals surface area contributed by atoms with E-state index in [9.17, 15) is 9.50 Å². The van der Waals surface area contributed by atoms with E-state index >= 15 is 0 Å². The Hall–Kier alpha value is -3.47. The largest absolute Gasteiger partial charge is 0.488 e. The summed E-state index contributed by atoms with van der Waals surface area (Å²) in [7, 11) is 1.56. The second-order valence-corrected chi connectivity index (χ2v) is 9.03. The lowest BCUT2D eigenvalue weighted by Gasteiger charge is -2.45. The number of halogens is 1. The molecule has 0 spiro atoms. The van der Waals surface area contributed by atoms with Crippen molar-refractivity contribution < 1.29 is 28.3 Å². The molecular weight excluding hydrogens is 455 g/mol. The molecule has 2 aromatic heterocycles. The maximum absolute atomic E-state index is 14.6. The maximum atomic E-state index is 14.6. The molecule has 1 saturated heterocycles. The summed E-state index contributed by atoms with van der Waals surface area (Å²) in [4.78, 5) is 5.90. The summed E-state index contributed by atoms with van der Waals surface area (Å²) in [5.74, 6) is 0.838. The average molecular weight is 483 g/mol. The lowest BCUT2D eigenvalue weighted by molar-refractivity contribution is -0.206. The maximum Gasteiger partial charge on any atom is 0.167 e. The van der Waals surface area contributed by atoms with E-state index < -0.39 is 11.4 Å². The van der Waals surface area contributed by atoms with Gasteiger partial charge in [-0.3, -0.25) is 5.10 Å². The Labute approximate surface area is 201 Å². The average Bonchev–Trinajstić information content (AvgIpc) is 3.43. The van der Waals surface area contributed by atoms with E-state index in [0.29, 0.717) is 40.4 Å². The number of hydrogen-bond donors (Lipinski definition) is 2. The number of methoxy groups -OCH3 is 1. The van der Waals surface area contributed by atoms with Crippen molar-refractivity contribution in [2.45, 2.75) is 31.9 Å². The topological polar surface area (TPSA) is 106 Å². The SMILES string of the molecule is COCCOc1cc2[nH]nc(-c3cc(-c4ccc(ON5CC[C@@H]5C(C)(C)O)cc4)on3)c2cc1F. The standard InChI is InChI=1S/C25H27FN4O5/c1-25(2,31)23-8-9-30(23)35-16-6-4-15(5-7-16)21-14-20(29-34-21)24-17-12-18(26)22(33-11-10-32-3)13-19(17)27-28-24/h4-7,12-14,23,31H,8-11H2,1-3H3,(H,27,28)/t23-/m1/s1. The third-order valence-electron chi connectivity index (χ3n) is 6.06. The molecule has 0 amide bonds. The Morgan fingerprint density at radius 3 is 2.69 bits per heavy atom. The third kappa shape index (κ3) is 4.72. The molecule has 0 aliphatic carbocycles. The molecule has 2 aromatic carbocycles. The number of ether oxygens (including phenoxy) is 2. The summed E-state index contributed by atoms with van der Waals surface area (Å²) in [6.45, 7) is 4.93. The summed E-state index contributed by atoms with van der Waals surface area (Å²) in [5.41, 5.74) is 1.56. The van der Waals surface area contributed by atoms with Crippen molar-refractivity contribution in [3.8, 4) is 34.2 Å². The zero-order valence-corrected chi connectivity index (χ0v) is 19.7. The van der Waals surface area contributed by atoms with E-state index in [1.54, 1.807) is 38.2 Å². The number of H-pyrrole nitrogens is 1. The van der Waals surface area contributed by atoms with Crippen LogP contribution >= 0.6 is 0 Å². The van der Waals surface area contributed by atoms with E-state index in [0.717, 1.165) is 18.5 Å². The Kier molecular flexibility index (Phi) is 6.18. The fraction of sp³-hybridized carbons (Fsp3) is 0.360. The number of hydrogen-bond acceptors (Lipinski definition) is 8. The lowest BCUT2D eigenvalue weighted by Crippen LogP contribution is -2.59. The summed E-state index contributed by atoms with van der Waals surface area (Å²) in [6, 6.07) is 12.1. The molecule has 1 atom stereocenters. The molecule has 5 rings (SSSR count). The first-order valence-corrected chi connectivity index (χ1v) is 11.4. The van der Waals surface area contributed by atoms with E-state index in [-0.39, 0.29) is 18.4 Å². The number of rotatable bonds is 9. The van der Waals surface area contributed by atoms with Crippen molar-refractivity contribution in [3.63, 3.8) is 0 Å². The van der Waals surface area contributed by atoms with Crippen molar-refractivity contribution >= 4 is 10.9 Å². The Bertz CT molecular complexity index is 1310. The Morgan fingerprint density at radius 1 is 1.20 bits per heavy atom. The van der Waals surface area contributed by atoms with E-state index in [1.165, 1.54) is 6.07 Å². The van der Waals surface area contributed by atoms with Gasteiger partial charge in [0.15, 0.2) is 17.3 Å². The molecule has 1 aliphatic rings. The van der Waals surface area contributed by atoms with Crippen molar-refractivity contribution in [2.75, 3.05) is 26.9 Å². The first-order chi connectivity index (χ1) is 16.8. The van der Waals surface area contributed by atoms with Crippen LogP contribution in [0.5, 0.6) is 11.5 Å². The first kappa shape index (κ1) is 23.3. The number of nitrogens with zero attached hydrogens (tertiary/aromatic N) is 3. The van der Waals surface area contributed by atoms with Crippen LogP contribution in [-0.2, 0) is 4.74 Å². The Morgan fingerprint density at radius 2 is 2.00 bits per heavy atom. The predicted molar refractivity (Wildman–Crippen MR) is 126 cm³/mol. The van der Waals surface area contributed by atoms with E-state index in [4.69, 9.17) is 18.8 Å². The van der Waals surface area contributed by atoms with Crippen molar-refractivity contribution in [3.05, 3.63) is 48.3 Å². The molecule has 3 heterocycles. The summed E-state index contributed by atoms with van der Waals surface area (Å²) < 4.78 is 30.5. The highest BCUT2D eigenvalue weighted by atomic mass is 19.1. The van der Waals surface area contributed by atoms with Crippen LogP contribution < -0.4 is 9.57 Å². The molecule has 0 unspecified atom stereocenters. The van der Waals surface area contributed by atoms with Gasteiger partial charge in [0.2, 0.25) is 0 Å². The summed E-state index contributed by atoms with van der Waals surface area (Å²) in [5, 5.41) is 23.9. The number of hydroxylamine groups is 2. The minimum absolute atomic E-state index is 0.0412. The monoisotopic (exact) mass is 482 g/mol. The van der Waals surface area contributed by atoms with Gasteiger partial charge in [0.05, 0.1) is 23.8 Å². The predicted octanol–water partition coefficient (Wildman–Crippen LogP) is 4.19. The molecule has 2 N–H and O–H groups in total. The van der Waals surface area contributed by atoms with Gasteiger partial charge in [0, 0.05) is 36.7 Å². The van der Waals surface area contributed by atoms with Crippen molar-refractivity contribution in [2.24, 2.45) is 0 Å². The summed E-state index contributed by atoms with van der Waals surface area (Å²) >= 11 is 0. The molecule has 10 heteroatoms. The van der Waals surface area contributed by atoms with Gasteiger partial charge in [-0.2, -0.15) is 5.10 Å². The highest BCUT2D eigenvalue weighted by Crippen LogP contribution is 2.34. The van der Waals surface area contributed by atoms with Crippen LogP contribution in [0.1, 0.15) is 20.3 Å². The van der Waals surface area contributed by atoms with E-state index in [1.807, 2.05) is 24.3 Å². The van der Waals surface area contributed by atoms with Gasteiger partial charge in [-0.1, -0.05) is 5.16 Å². The van der Waals surface area contributed by atoms with Gasteiger partial charge in [0.1, 0.15) is 23.7 Å². The van der Waals surface area contributed by atoms with Crippen LogP contribution in [0.3, 0.4) is 0 Å². The highest BCUT2D eigenvalue weighted by molar-refractivity contribution is 5.93. The second-order valence-electron chi connectivity index (χ2n) is 9.03. The summed E-state index contributed by atoms with van der Waals surface area (Å²) in [6.07, 6.45) is 0.885. The molecule has 1 fully saturated rings. The zero-order chi connectivity index (χ0) is 24.6. The third-order valence-corrected chi connectivity index (χ3v) is 6.06. The van der Waals surface area contributed by atoms with Crippen LogP contribution in [0.15, 0.2) is 47.0 Å². The quantitative estimate of drug-likeness (QED) is 0.342. The fourth-order valence-corrected chi connectivity index (χ4v) is 4.08. The van der Waals surface area contributed by atoms with Crippen LogP contribution in [-0.4, -0.2) is 64.0 Å². The van der Waals surface area contributed by atoms with Gasteiger partial charge < -0.3 is 23.9 Å². The van der Waals surface area contributed by atoms with Gasteiger partial charge in [-0.15, -0.1) is 5.06 Å². The number of nitrogens with one attached hydrogen (secondary N) is 1. The van der Waals surface area contributed by atoms with E-state index in [2.05, 4.69) is 15.4 Å². The molecule has 1 aliphatic heterocycles. The van der Waals surface area contributed by atoms with Crippen LogP contribution in [0.4, 0.5) is 4.39 Å². The van der Waals surface area contributed by atoms with Crippen LogP contribution in [0, 0.1) is 5.82 Å². The number of aromatic nitrogens is 3. The van der Waals surface area contributed by atoms with Gasteiger partial charge in [-0.05, 0) is 50.6 Å². The van der Waals surface area contributed by atoms with Gasteiger partial charge in [0.25, 0.3) is 0 Å². The Balaban J connectivity index is 1.31. The smallest absolute Gasteiger partial charge is 0.167 e. The molecule has 0 radical (unpaired) electrons. The minimum atomic E-state index is -0.827. The minimum Gasteiger partial charge on any atom is -0.488 e. The zero-order valence-electron chi connectivity index (χ0n) is 19.7. The lowest BCUT2D eigenvalue weighted by atomic mass is 9.90. The fourth-order valence-electron chi connectivity index (χ4n) is 4.08. The number of aliphatic hydroxyl groups is 1.